The highest BCUT2D eigenvalue weighted by atomic mass is 16.6. The van der Waals surface area contributed by atoms with Gasteiger partial charge < -0.3 is 33.2 Å². The predicted octanol–water partition coefficient (Wildman–Crippen LogP) is 2.82. The third-order valence-corrected chi connectivity index (χ3v) is 5.17. The summed E-state index contributed by atoms with van der Waals surface area (Å²) in [6.07, 6.45) is 1.97. The number of rotatable bonds is 17. The summed E-state index contributed by atoms with van der Waals surface area (Å²) < 4.78 is 35.8. The minimum absolute atomic E-state index is 0.0564. The molecule has 37 heavy (non-hydrogen) atoms. The van der Waals surface area contributed by atoms with Crippen LogP contribution < -0.4 is 4.74 Å². The Kier molecular flexibility index (Phi) is 13.7. The molecule has 202 valence electrons. The van der Waals surface area contributed by atoms with E-state index >= 15 is 0 Å². The summed E-state index contributed by atoms with van der Waals surface area (Å²) >= 11 is 0. The second kappa shape index (κ2) is 17.1. The molecule has 0 radical (unpaired) electrons. The average molecular weight is 519 g/mol. The van der Waals surface area contributed by atoms with Crippen LogP contribution >= 0.6 is 0 Å². The van der Waals surface area contributed by atoms with Crippen LogP contribution in [0.1, 0.15) is 18.4 Å². The van der Waals surface area contributed by atoms with E-state index in [1.54, 1.807) is 7.11 Å². The molecule has 0 saturated heterocycles. The first-order valence-electron chi connectivity index (χ1n) is 11.8. The third kappa shape index (κ3) is 11.4. The summed E-state index contributed by atoms with van der Waals surface area (Å²) in [5.74, 6) is -1.21. The number of hydrogen-bond acceptors (Lipinski definition) is 10. The van der Waals surface area contributed by atoms with E-state index in [4.69, 9.17) is 28.4 Å². The van der Waals surface area contributed by atoms with Crippen LogP contribution in [-0.2, 0) is 42.8 Å². The second-order valence-electron chi connectivity index (χ2n) is 7.72. The molecule has 0 bridgehead atoms. The Morgan fingerprint density at radius 1 is 0.703 bits per heavy atom. The smallest absolute Gasteiger partial charge is 0.331 e. The van der Waals surface area contributed by atoms with E-state index in [1.165, 1.54) is 7.11 Å². The minimum Gasteiger partial charge on any atom is -0.497 e. The van der Waals surface area contributed by atoms with Crippen molar-refractivity contribution in [1.29, 1.82) is 0 Å². The van der Waals surface area contributed by atoms with Gasteiger partial charge in [0.1, 0.15) is 19.0 Å². The van der Waals surface area contributed by atoms with Gasteiger partial charge in [0.15, 0.2) is 0 Å². The lowest BCUT2D eigenvalue weighted by atomic mass is 9.98. The van der Waals surface area contributed by atoms with Crippen molar-refractivity contribution in [3.8, 4) is 5.75 Å². The molecule has 2 aromatic carbocycles. The Hall–Kier alpha value is -3.47. The van der Waals surface area contributed by atoms with Crippen molar-refractivity contribution < 1.29 is 47.5 Å². The van der Waals surface area contributed by atoms with Gasteiger partial charge in [-0.3, -0.25) is 4.79 Å². The maximum absolute atomic E-state index is 12.4. The number of fused-ring (bicyclic) bond motifs is 1. The van der Waals surface area contributed by atoms with E-state index in [0.29, 0.717) is 26.4 Å². The van der Waals surface area contributed by atoms with Crippen molar-refractivity contribution in [2.45, 2.75) is 12.8 Å². The molecular weight excluding hydrogens is 484 g/mol. The summed E-state index contributed by atoms with van der Waals surface area (Å²) in [4.78, 5) is 34.5. The van der Waals surface area contributed by atoms with Gasteiger partial charge in [0, 0.05) is 12.2 Å². The van der Waals surface area contributed by atoms with Crippen LogP contribution in [0, 0.1) is 0 Å². The Morgan fingerprint density at radius 3 is 1.86 bits per heavy atom. The SMILES string of the molecule is COC(=O)/C=C/C(=O)OCCOCCOCCOCCOC(=O)C(C)c1ccc2cc(OC)ccc2c1. The summed E-state index contributed by atoms with van der Waals surface area (Å²) in [7, 11) is 2.84. The summed E-state index contributed by atoms with van der Waals surface area (Å²) in [5, 5.41) is 2.07. The molecule has 0 aliphatic carbocycles. The predicted molar refractivity (Wildman–Crippen MR) is 134 cm³/mol. The lowest BCUT2D eigenvalue weighted by molar-refractivity contribution is -0.146. The van der Waals surface area contributed by atoms with Crippen LogP contribution in [-0.4, -0.2) is 85.0 Å². The van der Waals surface area contributed by atoms with Crippen LogP contribution in [0.25, 0.3) is 10.8 Å². The number of benzene rings is 2. The number of carbonyl (C=O) groups excluding carboxylic acids is 3. The van der Waals surface area contributed by atoms with Crippen molar-refractivity contribution in [3.05, 3.63) is 54.1 Å². The van der Waals surface area contributed by atoms with Crippen LogP contribution in [0.3, 0.4) is 0 Å². The monoisotopic (exact) mass is 518 g/mol. The van der Waals surface area contributed by atoms with Crippen LogP contribution in [0.15, 0.2) is 48.6 Å². The Bertz CT molecular complexity index is 1030. The van der Waals surface area contributed by atoms with Crippen molar-refractivity contribution in [1.82, 2.24) is 0 Å². The fourth-order valence-electron chi connectivity index (χ4n) is 3.10. The van der Waals surface area contributed by atoms with Crippen LogP contribution in [0.5, 0.6) is 5.75 Å². The first-order chi connectivity index (χ1) is 17.9. The summed E-state index contributed by atoms with van der Waals surface area (Å²) in [5.41, 5.74) is 0.882. The highest BCUT2D eigenvalue weighted by molar-refractivity contribution is 5.91. The van der Waals surface area contributed by atoms with E-state index in [0.717, 1.165) is 34.2 Å². The highest BCUT2D eigenvalue weighted by Gasteiger charge is 2.17. The largest absolute Gasteiger partial charge is 0.497 e. The van der Waals surface area contributed by atoms with Gasteiger partial charge in [0.05, 0.1) is 59.8 Å². The number of methoxy groups -OCH3 is 2. The van der Waals surface area contributed by atoms with Gasteiger partial charge in [0.25, 0.3) is 0 Å². The molecule has 0 amide bonds. The lowest BCUT2D eigenvalue weighted by Gasteiger charge is -2.13. The van der Waals surface area contributed by atoms with Crippen molar-refractivity contribution >= 4 is 28.7 Å². The Balaban J connectivity index is 1.47. The topological polar surface area (TPSA) is 116 Å². The number of hydrogen-bond donors (Lipinski definition) is 0. The molecular formula is C27H34O10. The molecule has 0 fully saturated rings. The summed E-state index contributed by atoms with van der Waals surface area (Å²) in [6, 6.07) is 11.7. The standard InChI is InChI=1S/C27H34O10/c1-20(21-4-5-23-19-24(31-2)7-6-22(23)18-21)27(30)37-17-15-35-13-11-33-10-12-34-14-16-36-26(29)9-8-25(28)32-3/h4-9,18-20H,10-17H2,1-3H3/b9-8+. The van der Waals surface area contributed by atoms with Crippen molar-refractivity contribution in [2.75, 3.05) is 67.1 Å². The second-order valence-corrected chi connectivity index (χ2v) is 7.72. The molecule has 2 rings (SSSR count). The zero-order chi connectivity index (χ0) is 26.9. The van der Waals surface area contributed by atoms with Crippen molar-refractivity contribution in [2.24, 2.45) is 0 Å². The van der Waals surface area contributed by atoms with E-state index in [-0.39, 0.29) is 32.4 Å². The van der Waals surface area contributed by atoms with Crippen LogP contribution in [0.2, 0.25) is 0 Å². The molecule has 0 aliphatic heterocycles. The van der Waals surface area contributed by atoms with Gasteiger partial charge >= 0.3 is 17.9 Å². The zero-order valence-corrected chi connectivity index (χ0v) is 21.4. The molecule has 10 heteroatoms. The minimum atomic E-state index is -0.655. The molecule has 1 unspecified atom stereocenters. The Morgan fingerprint density at radius 2 is 1.24 bits per heavy atom. The molecule has 0 aliphatic rings. The Labute approximate surface area is 216 Å². The summed E-state index contributed by atoms with van der Waals surface area (Å²) in [6.45, 7) is 3.90. The maximum atomic E-state index is 12.4. The van der Waals surface area contributed by atoms with E-state index < -0.39 is 17.9 Å². The normalized spacial score (nSPS) is 11.9. The first kappa shape index (κ1) is 29.8. The van der Waals surface area contributed by atoms with E-state index in [2.05, 4.69) is 4.74 Å². The van der Waals surface area contributed by atoms with Gasteiger partial charge in [-0.1, -0.05) is 24.3 Å². The molecule has 0 spiro atoms. The van der Waals surface area contributed by atoms with Gasteiger partial charge in [0.2, 0.25) is 0 Å². The maximum Gasteiger partial charge on any atom is 0.331 e. The van der Waals surface area contributed by atoms with Crippen molar-refractivity contribution in [3.63, 3.8) is 0 Å². The third-order valence-electron chi connectivity index (χ3n) is 5.17. The van der Waals surface area contributed by atoms with Gasteiger partial charge in [-0.15, -0.1) is 0 Å². The average Bonchev–Trinajstić information content (AvgIpc) is 2.92. The fourth-order valence-corrected chi connectivity index (χ4v) is 3.10. The fraction of sp³-hybridized carbons (Fsp3) is 0.444. The van der Waals surface area contributed by atoms with E-state index in [9.17, 15) is 14.4 Å². The zero-order valence-electron chi connectivity index (χ0n) is 21.4. The number of ether oxygens (including phenoxy) is 7. The quantitative estimate of drug-likeness (QED) is 0.134. The molecule has 1 atom stereocenters. The molecule has 0 aromatic heterocycles. The van der Waals surface area contributed by atoms with E-state index in [1.807, 2.05) is 43.3 Å². The van der Waals surface area contributed by atoms with Gasteiger partial charge in [-0.25, -0.2) is 9.59 Å². The number of esters is 3. The molecule has 0 heterocycles. The highest BCUT2D eigenvalue weighted by Crippen LogP contribution is 2.25. The molecule has 10 nitrogen and oxygen atoms in total. The molecule has 0 N–H and O–H groups in total. The van der Waals surface area contributed by atoms with Gasteiger partial charge in [-0.2, -0.15) is 0 Å². The number of carbonyl (C=O) groups is 3. The molecule has 2 aromatic rings. The lowest BCUT2D eigenvalue weighted by Crippen LogP contribution is -2.17. The molecule has 0 saturated carbocycles. The van der Waals surface area contributed by atoms with Gasteiger partial charge in [-0.05, 0) is 35.4 Å². The first-order valence-corrected chi connectivity index (χ1v) is 11.8. The van der Waals surface area contributed by atoms with Crippen LogP contribution in [0.4, 0.5) is 0 Å².